The van der Waals surface area contributed by atoms with E-state index < -0.39 is 5.82 Å². The van der Waals surface area contributed by atoms with E-state index in [1.165, 1.54) is 61.9 Å². The van der Waals surface area contributed by atoms with Gasteiger partial charge in [0.15, 0.2) is 0 Å². The van der Waals surface area contributed by atoms with E-state index in [1.807, 2.05) is 0 Å². The third kappa shape index (κ3) is 4.03. The molecule has 3 atom stereocenters. The van der Waals surface area contributed by atoms with E-state index in [9.17, 15) is 14.0 Å². The Morgan fingerprint density at radius 3 is 2.86 bits per heavy atom. The van der Waals surface area contributed by atoms with Crippen molar-refractivity contribution in [2.24, 2.45) is 11.8 Å². The fraction of sp³-hybridized carbons (Fsp3) is 0.619. The van der Waals surface area contributed by atoms with Crippen LogP contribution in [0.5, 0.6) is 0 Å². The van der Waals surface area contributed by atoms with Crippen molar-refractivity contribution in [2.45, 2.75) is 44.6 Å². The summed E-state index contributed by atoms with van der Waals surface area (Å²) < 4.78 is 13.4. The maximum absolute atomic E-state index is 13.4. The zero-order valence-electron chi connectivity index (χ0n) is 16.0. The van der Waals surface area contributed by atoms with Gasteiger partial charge in [0.05, 0.1) is 10.9 Å². The largest absolute Gasteiger partial charge is 0.355 e. The molecule has 5 nitrogen and oxygen atoms in total. The van der Waals surface area contributed by atoms with E-state index in [2.05, 4.69) is 10.2 Å². The van der Waals surface area contributed by atoms with Crippen molar-refractivity contribution in [3.63, 3.8) is 0 Å². The SMILES string of the molecule is O=C(NC[C@@H]1CCCN2CCCC[C@@H]12)[C@@H]1CC(=O)N(c2ccc(F)c(Cl)c2)C1. The van der Waals surface area contributed by atoms with E-state index in [4.69, 9.17) is 11.6 Å². The van der Waals surface area contributed by atoms with Gasteiger partial charge >= 0.3 is 0 Å². The Labute approximate surface area is 170 Å². The zero-order valence-corrected chi connectivity index (χ0v) is 16.8. The summed E-state index contributed by atoms with van der Waals surface area (Å²) in [5.74, 6) is -0.573. The van der Waals surface area contributed by atoms with Gasteiger partial charge in [0, 0.05) is 31.2 Å². The van der Waals surface area contributed by atoms with Crippen LogP contribution in [0.25, 0.3) is 0 Å². The van der Waals surface area contributed by atoms with Gasteiger partial charge < -0.3 is 15.1 Å². The van der Waals surface area contributed by atoms with Crippen LogP contribution in [0, 0.1) is 17.7 Å². The highest BCUT2D eigenvalue weighted by Gasteiger charge is 2.37. The van der Waals surface area contributed by atoms with Crippen LogP contribution in [0.4, 0.5) is 10.1 Å². The number of hydrogen-bond donors (Lipinski definition) is 1. The summed E-state index contributed by atoms with van der Waals surface area (Å²) in [6, 6.07) is 4.80. The molecule has 0 radical (unpaired) electrons. The standard InChI is InChI=1S/C21H27ClFN3O2/c22-17-11-16(6-7-18(17)23)26-13-15(10-20(26)27)21(28)24-12-14-4-3-9-25-8-2-1-5-19(14)25/h6-7,11,14-15,19H,1-5,8-10,12-13H2,(H,24,28)/t14-,15+,19-/m0/s1. The lowest BCUT2D eigenvalue weighted by Crippen LogP contribution is -2.51. The molecule has 152 valence electrons. The van der Waals surface area contributed by atoms with E-state index in [0.717, 1.165) is 6.42 Å². The van der Waals surface area contributed by atoms with Crippen LogP contribution in [0.2, 0.25) is 5.02 Å². The fourth-order valence-corrected chi connectivity index (χ4v) is 5.15. The van der Waals surface area contributed by atoms with E-state index >= 15 is 0 Å². The lowest BCUT2D eigenvalue weighted by Gasteiger charge is -2.44. The molecule has 3 heterocycles. The molecule has 3 aliphatic rings. The average Bonchev–Trinajstić information content (AvgIpc) is 3.10. The predicted molar refractivity (Wildman–Crippen MR) is 107 cm³/mol. The second-order valence-electron chi connectivity index (χ2n) is 8.25. The Bertz CT molecular complexity index is 757. The van der Waals surface area contributed by atoms with Crippen molar-refractivity contribution in [1.29, 1.82) is 0 Å². The molecule has 3 saturated heterocycles. The van der Waals surface area contributed by atoms with E-state index in [1.54, 1.807) is 0 Å². The number of nitrogens with zero attached hydrogens (tertiary/aromatic N) is 2. The van der Waals surface area contributed by atoms with Crippen LogP contribution in [-0.2, 0) is 9.59 Å². The van der Waals surface area contributed by atoms with Crippen LogP contribution >= 0.6 is 11.6 Å². The third-order valence-electron chi connectivity index (χ3n) is 6.48. The number of halogens is 2. The average molecular weight is 408 g/mol. The Morgan fingerprint density at radius 1 is 1.21 bits per heavy atom. The normalized spacial score (nSPS) is 28.3. The van der Waals surface area contributed by atoms with Crippen molar-refractivity contribution < 1.29 is 14.0 Å². The Hall–Kier alpha value is -1.66. The molecule has 7 heteroatoms. The molecular weight excluding hydrogens is 381 g/mol. The first-order valence-electron chi connectivity index (χ1n) is 10.3. The van der Waals surface area contributed by atoms with Gasteiger partial charge in [0.1, 0.15) is 5.82 Å². The molecule has 1 N–H and O–H groups in total. The first-order chi connectivity index (χ1) is 13.5. The topological polar surface area (TPSA) is 52.7 Å². The molecule has 3 aliphatic heterocycles. The highest BCUT2D eigenvalue weighted by atomic mass is 35.5. The smallest absolute Gasteiger partial charge is 0.227 e. The quantitative estimate of drug-likeness (QED) is 0.833. The van der Waals surface area contributed by atoms with Gasteiger partial charge in [0.2, 0.25) is 11.8 Å². The van der Waals surface area contributed by atoms with Gasteiger partial charge in [-0.2, -0.15) is 0 Å². The molecule has 0 saturated carbocycles. The highest BCUT2D eigenvalue weighted by molar-refractivity contribution is 6.31. The third-order valence-corrected chi connectivity index (χ3v) is 6.77. The lowest BCUT2D eigenvalue weighted by molar-refractivity contribution is -0.126. The minimum atomic E-state index is -0.518. The molecule has 1 aromatic carbocycles. The van der Waals surface area contributed by atoms with Crippen LogP contribution < -0.4 is 10.2 Å². The number of benzene rings is 1. The summed E-state index contributed by atoms with van der Waals surface area (Å²) in [6.45, 7) is 3.36. The van der Waals surface area contributed by atoms with E-state index in [-0.39, 0.29) is 29.2 Å². The first kappa shape index (κ1) is 19.6. The van der Waals surface area contributed by atoms with Gasteiger partial charge in [-0.15, -0.1) is 0 Å². The number of hydrogen-bond acceptors (Lipinski definition) is 3. The second kappa shape index (κ2) is 8.37. The van der Waals surface area contributed by atoms with Crippen molar-refractivity contribution in [2.75, 3.05) is 31.1 Å². The molecule has 3 fully saturated rings. The van der Waals surface area contributed by atoms with Crippen LogP contribution in [0.1, 0.15) is 38.5 Å². The predicted octanol–water partition coefficient (Wildman–Crippen LogP) is 3.21. The van der Waals surface area contributed by atoms with Crippen molar-refractivity contribution in [3.8, 4) is 0 Å². The summed E-state index contributed by atoms with van der Waals surface area (Å²) in [4.78, 5) is 29.2. The van der Waals surface area contributed by atoms with Gasteiger partial charge in [0.25, 0.3) is 0 Å². The van der Waals surface area contributed by atoms with Crippen molar-refractivity contribution in [1.82, 2.24) is 10.2 Å². The van der Waals surface area contributed by atoms with Crippen molar-refractivity contribution in [3.05, 3.63) is 29.0 Å². The van der Waals surface area contributed by atoms with Gasteiger partial charge in [-0.1, -0.05) is 18.0 Å². The molecule has 0 aliphatic carbocycles. The van der Waals surface area contributed by atoms with Crippen LogP contribution in [-0.4, -0.2) is 48.9 Å². The van der Waals surface area contributed by atoms with Crippen molar-refractivity contribution >= 4 is 29.1 Å². The first-order valence-corrected chi connectivity index (χ1v) is 10.7. The summed E-state index contributed by atoms with van der Waals surface area (Å²) >= 11 is 5.83. The zero-order chi connectivity index (χ0) is 19.7. The maximum Gasteiger partial charge on any atom is 0.227 e. The number of fused-ring (bicyclic) bond motifs is 1. The number of nitrogens with one attached hydrogen (secondary N) is 1. The molecular formula is C21H27ClFN3O2. The summed E-state index contributed by atoms with van der Waals surface area (Å²) in [6.07, 6.45) is 6.31. The summed E-state index contributed by atoms with van der Waals surface area (Å²) in [7, 11) is 0. The summed E-state index contributed by atoms with van der Waals surface area (Å²) in [5.41, 5.74) is 0.539. The molecule has 0 spiro atoms. The maximum atomic E-state index is 13.4. The van der Waals surface area contributed by atoms with Crippen LogP contribution in [0.3, 0.4) is 0 Å². The van der Waals surface area contributed by atoms with Gasteiger partial charge in [-0.3, -0.25) is 9.59 Å². The van der Waals surface area contributed by atoms with Gasteiger partial charge in [-0.05, 0) is 62.9 Å². The molecule has 4 rings (SSSR count). The Kier molecular flexibility index (Phi) is 5.88. The number of carbonyl (C=O) groups is 2. The monoisotopic (exact) mass is 407 g/mol. The molecule has 0 bridgehead atoms. The number of carbonyl (C=O) groups excluding carboxylic acids is 2. The minimum absolute atomic E-state index is 0.0208. The van der Waals surface area contributed by atoms with E-state index in [0.29, 0.717) is 30.7 Å². The molecule has 2 amide bonds. The van der Waals surface area contributed by atoms with Crippen LogP contribution in [0.15, 0.2) is 18.2 Å². The molecule has 1 aromatic rings. The Morgan fingerprint density at radius 2 is 2.04 bits per heavy atom. The molecule has 28 heavy (non-hydrogen) atoms. The lowest BCUT2D eigenvalue weighted by atomic mass is 9.83. The number of anilines is 1. The molecule has 0 unspecified atom stereocenters. The molecule has 0 aromatic heterocycles. The fourth-order valence-electron chi connectivity index (χ4n) is 4.98. The minimum Gasteiger partial charge on any atom is -0.355 e. The second-order valence-corrected chi connectivity index (χ2v) is 8.66. The van der Waals surface area contributed by atoms with Gasteiger partial charge in [-0.25, -0.2) is 4.39 Å². The number of rotatable bonds is 4. The Balaban J connectivity index is 1.34. The number of piperidine rings is 2. The summed E-state index contributed by atoms with van der Waals surface area (Å²) in [5, 5.41) is 3.09. The highest BCUT2D eigenvalue weighted by Crippen LogP contribution is 2.31. The number of amides is 2.